The molecule has 0 N–H and O–H groups in total. The summed E-state index contributed by atoms with van der Waals surface area (Å²) in [5, 5.41) is 1.04. The van der Waals surface area contributed by atoms with Gasteiger partial charge in [-0.05, 0) is 42.3 Å². The van der Waals surface area contributed by atoms with Crippen molar-refractivity contribution in [1.29, 1.82) is 0 Å². The number of hydrogen-bond acceptors (Lipinski definition) is 6. The summed E-state index contributed by atoms with van der Waals surface area (Å²) in [4.78, 5) is 30.7. The van der Waals surface area contributed by atoms with Gasteiger partial charge in [-0.15, -0.1) is 23.1 Å². The highest BCUT2D eigenvalue weighted by Crippen LogP contribution is 2.30. The first kappa shape index (κ1) is 18.0. The first-order valence-electron chi connectivity index (χ1n) is 8.59. The second-order valence-corrected chi connectivity index (χ2v) is 8.30. The zero-order chi connectivity index (χ0) is 18.8. The molecule has 0 aliphatic carbocycles. The third kappa shape index (κ3) is 3.70. The van der Waals surface area contributed by atoms with Crippen molar-refractivity contribution in [3.05, 3.63) is 58.6 Å². The first-order chi connectivity index (χ1) is 13.2. The lowest BCUT2D eigenvalue weighted by Crippen LogP contribution is -2.30. The maximum atomic E-state index is 12.6. The first-order valence-corrected chi connectivity index (χ1v) is 10.6. The fourth-order valence-corrected chi connectivity index (χ4v) is 5.11. The summed E-state index contributed by atoms with van der Waals surface area (Å²) in [5.41, 5.74) is 3.45. The predicted octanol–water partition coefficient (Wildman–Crippen LogP) is 3.91. The molecule has 1 aromatic heterocycles. The topological polar surface area (TPSA) is 59.5 Å². The van der Waals surface area contributed by atoms with Crippen molar-refractivity contribution in [2.75, 3.05) is 24.3 Å². The van der Waals surface area contributed by atoms with Gasteiger partial charge in [0.2, 0.25) is 5.91 Å². The van der Waals surface area contributed by atoms with Crippen LogP contribution in [-0.2, 0) is 21.7 Å². The van der Waals surface area contributed by atoms with Crippen LogP contribution in [-0.4, -0.2) is 36.3 Å². The van der Waals surface area contributed by atoms with Gasteiger partial charge in [0.25, 0.3) is 0 Å². The molecule has 0 saturated carbocycles. The van der Waals surface area contributed by atoms with E-state index in [9.17, 15) is 9.59 Å². The molecule has 0 saturated heterocycles. The lowest BCUT2D eigenvalue weighted by Gasteiger charge is -2.17. The Balaban J connectivity index is 1.37. The van der Waals surface area contributed by atoms with Gasteiger partial charge in [-0.1, -0.05) is 12.1 Å². The van der Waals surface area contributed by atoms with E-state index in [-0.39, 0.29) is 11.9 Å². The fraction of sp³-hybridized carbons (Fsp3) is 0.250. The van der Waals surface area contributed by atoms with Crippen LogP contribution < -0.4 is 4.90 Å². The van der Waals surface area contributed by atoms with E-state index in [2.05, 4.69) is 11.1 Å². The minimum atomic E-state index is -0.353. The van der Waals surface area contributed by atoms with Crippen molar-refractivity contribution in [2.45, 2.75) is 12.2 Å². The predicted molar refractivity (Wildman–Crippen MR) is 110 cm³/mol. The van der Waals surface area contributed by atoms with E-state index in [1.165, 1.54) is 11.8 Å². The highest BCUT2D eigenvalue weighted by Gasteiger charge is 2.25. The fourth-order valence-electron chi connectivity index (χ4n) is 3.19. The Kier molecular flexibility index (Phi) is 5.13. The van der Waals surface area contributed by atoms with Gasteiger partial charge in [-0.3, -0.25) is 4.79 Å². The van der Waals surface area contributed by atoms with Crippen LogP contribution in [0.2, 0.25) is 0 Å². The number of thiazole rings is 1. The van der Waals surface area contributed by atoms with Crippen molar-refractivity contribution in [3.8, 4) is 0 Å². The summed E-state index contributed by atoms with van der Waals surface area (Å²) in [5.74, 6) is 0.876. The van der Waals surface area contributed by atoms with E-state index in [0.717, 1.165) is 33.9 Å². The molecule has 4 rings (SSSR count). The lowest BCUT2D eigenvalue weighted by molar-refractivity contribution is -0.116. The van der Waals surface area contributed by atoms with Crippen LogP contribution in [0.5, 0.6) is 0 Å². The van der Waals surface area contributed by atoms with Crippen molar-refractivity contribution in [2.24, 2.45) is 0 Å². The van der Waals surface area contributed by atoms with E-state index >= 15 is 0 Å². The van der Waals surface area contributed by atoms with Crippen LogP contribution in [0.3, 0.4) is 0 Å². The minimum absolute atomic E-state index is 0.0886. The largest absolute Gasteiger partial charge is 0.465 e. The number of carbonyl (C=O) groups is 2. The standard InChI is InChI=1S/C20H18N2O3S2/c1-25-20(24)14-6-7-16-13(10-14)8-9-22(16)19(23)12-26-11-18-21-15-4-2-3-5-17(15)27-18/h2-7,10H,8-9,11-12H2,1H3. The molecule has 0 bridgehead atoms. The second-order valence-electron chi connectivity index (χ2n) is 6.20. The zero-order valence-electron chi connectivity index (χ0n) is 14.8. The number of amides is 1. The number of nitrogens with zero attached hydrogens (tertiary/aromatic N) is 2. The molecule has 2 heterocycles. The third-order valence-electron chi connectivity index (χ3n) is 4.49. The molecular weight excluding hydrogens is 380 g/mol. The molecule has 138 valence electrons. The zero-order valence-corrected chi connectivity index (χ0v) is 16.4. The molecule has 0 spiro atoms. The molecule has 1 aliphatic heterocycles. The van der Waals surface area contributed by atoms with Gasteiger partial charge in [-0.25, -0.2) is 9.78 Å². The number of rotatable bonds is 5. The molecule has 3 aromatic rings. The Morgan fingerprint density at radius 1 is 1.26 bits per heavy atom. The third-order valence-corrected chi connectivity index (χ3v) is 6.63. The molecule has 2 aromatic carbocycles. The molecule has 0 fully saturated rings. The molecular formula is C20H18N2O3S2. The Morgan fingerprint density at radius 3 is 2.93 bits per heavy atom. The Morgan fingerprint density at radius 2 is 2.11 bits per heavy atom. The summed E-state index contributed by atoms with van der Waals surface area (Å²) in [6, 6.07) is 13.4. The monoisotopic (exact) mass is 398 g/mol. The molecule has 27 heavy (non-hydrogen) atoms. The number of ether oxygens (including phenoxy) is 1. The highest BCUT2D eigenvalue weighted by atomic mass is 32.2. The van der Waals surface area contributed by atoms with Crippen LogP contribution in [0.1, 0.15) is 20.9 Å². The highest BCUT2D eigenvalue weighted by molar-refractivity contribution is 7.99. The number of esters is 1. The van der Waals surface area contributed by atoms with Crippen molar-refractivity contribution < 1.29 is 14.3 Å². The van der Waals surface area contributed by atoms with Crippen molar-refractivity contribution >= 4 is 50.9 Å². The van der Waals surface area contributed by atoms with Crippen LogP contribution in [0, 0.1) is 0 Å². The van der Waals surface area contributed by atoms with Gasteiger partial charge in [0.1, 0.15) is 5.01 Å². The van der Waals surface area contributed by atoms with E-state index in [1.807, 2.05) is 35.2 Å². The molecule has 5 nitrogen and oxygen atoms in total. The summed E-state index contributed by atoms with van der Waals surface area (Å²) in [6.45, 7) is 0.653. The lowest BCUT2D eigenvalue weighted by atomic mass is 10.1. The van der Waals surface area contributed by atoms with Gasteiger partial charge in [0.05, 0.1) is 28.6 Å². The SMILES string of the molecule is COC(=O)c1ccc2c(c1)CCN2C(=O)CSCc1nc2ccccc2s1. The second kappa shape index (κ2) is 7.70. The summed E-state index contributed by atoms with van der Waals surface area (Å²) < 4.78 is 5.93. The van der Waals surface area contributed by atoms with E-state index in [1.54, 1.807) is 29.2 Å². The van der Waals surface area contributed by atoms with Gasteiger partial charge < -0.3 is 9.64 Å². The van der Waals surface area contributed by atoms with Crippen LogP contribution in [0.25, 0.3) is 10.2 Å². The van der Waals surface area contributed by atoms with Crippen LogP contribution in [0.4, 0.5) is 5.69 Å². The smallest absolute Gasteiger partial charge is 0.337 e. The molecule has 0 atom stereocenters. The number of aromatic nitrogens is 1. The average molecular weight is 399 g/mol. The van der Waals surface area contributed by atoms with Gasteiger partial charge in [-0.2, -0.15) is 0 Å². The number of anilines is 1. The number of para-hydroxylation sites is 1. The Bertz CT molecular complexity index is 982. The molecule has 1 amide bonds. The van der Waals surface area contributed by atoms with E-state index < -0.39 is 0 Å². The van der Waals surface area contributed by atoms with E-state index in [4.69, 9.17) is 4.74 Å². The van der Waals surface area contributed by atoms with Crippen LogP contribution in [0.15, 0.2) is 42.5 Å². The molecule has 0 unspecified atom stereocenters. The molecule has 1 aliphatic rings. The molecule has 0 radical (unpaired) electrons. The number of thioether (sulfide) groups is 1. The van der Waals surface area contributed by atoms with E-state index in [0.29, 0.717) is 17.9 Å². The minimum Gasteiger partial charge on any atom is -0.465 e. The quantitative estimate of drug-likeness (QED) is 0.610. The Hall–Kier alpha value is -2.38. The number of carbonyl (C=O) groups excluding carboxylic acids is 2. The number of methoxy groups -OCH3 is 1. The van der Waals surface area contributed by atoms with Gasteiger partial charge in [0.15, 0.2) is 0 Å². The summed E-state index contributed by atoms with van der Waals surface area (Å²) in [6.07, 6.45) is 0.758. The van der Waals surface area contributed by atoms with Crippen molar-refractivity contribution in [1.82, 2.24) is 4.98 Å². The molecule has 7 heteroatoms. The maximum Gasteiger partial charge on any atom is 0.337 e. The normalized spacial score (nSPS) is 13.0. The number of hydrogen-bond donors (Lipinski definition) is 0. The number of benzene rings is 2. The van der Waals surface area contributed by atoms with Crippen LogP contribution >= 0.6 is 23.1 Å². The summed E-state index contributed by atoms with van der Waals surface area (Å²) >= 11 is 3.26. The average Bonchev–Trinajstić information content (AvgIpc) is 3.30. The summed E-state index contributed by atoms with van der Waals surface area (Å²) in [7, 11) is 1.37. The van der Waals surface area contributed by atoms with Crippen molar-refractivity contribution in [3.63, 3.8) is 0 Å². The number of fused-ring (bicyclic) bond motifs is 2. The Labute approximate surface area is 165 Å². The maximum absolute atomic E-state index is 12.6. The van der Waals surface area contributed by atoms with Gasteiger partial charge in [0, 0.05) is 18.0 Å². The van der Waals surface area contributed by atoms with Gasteiger partial charge >= 0.3 is 5.97 Å².